The Morgan fingerprint density at radius 3 is 2.43 bits per heavy atom. The van der Waals surface area contributed by atoms with Crippen LogP contribution in [0, 0.1) is 0 Å². The van der Waals surface area contributed by atoms with Gasteiger partial charge in [-0.1, -0.05) is 6.92 Å². The van der Waals surface area contributed by atoms with Crippen LogP contribution in [0.1, 0.15) is 34.1 Å². The van der Waals surface area contributed by atoms with Gasteiger partial charge in [-0.2, -0.15) is 0 Å². The lowest BCUT2D eigenvalue weighted by Crippen LogP contribution is -2.45. The van der Waals surface area contributed by atoms with E-state index in [0.717, 1.165) is 0 Å². The zero-order valence-electron chi connectivity index (χ0n) is 9.50. The fraction of sp³-hybridized carbons (Fsp3) is 0.900. The van der Waals surface area contributed by atoms with Crippen molar-refractivity contribution in [1.82, 2.24) is 0 Å². The zero-order chi connectivity index (χ0) is 11.2. The van der Waals surface area contributed by atoms with Crippen LogP contribution in [-0.2, 0) is 14.3 Å². The number of rotatable bonds is 6. The quantitative estimate of drug-likeness (QED) is 0.518. The Labute approximate surface area is 85.8 Å². The summed E-state index contributed by atoms with van der Waals surface area (Å²) < 4.78 is 10.2. The normalized spacial score (nSPS) is 15.3. The molecular weight excluding hydrogens is 182 g/mol. The number of carbonyl (C=O) groups excluding carboxylic acids is 1. The lowest BCUT2D eigenvalue weighted by Gasteiger charge is -2.20. The second kappa shape index (κ2) is 5.98. The van der Waals surface area contributed by atoms with Gasteiger partial charge in [0.1, 0.15) is 12.1 Å². The summed E-state index contributed by atoms with van der Waals surface area (Å²) >= 11 is 0. The summed E-state index contributed by atoms with van der Waals surface area (Å²) in [4.78, 5) is 11.3. The van der Waals surface area contributed by atoms with E-state index in [1.165, 1.54) is 0 Å². The number of carbonyl (C=O) groups is 1. The van der Waals surface area contributed by atoms with Crippen molar-refractivity contribution in [3.05, 3.63) is 0 Å². The minimum Gasteiger partial charge on any atom is -0.462 e. The molecule has 2 N–H and O–H groups in total. The predicted molar refractivity (Wildman–Crippen MR) is 54.9 cm³/mol. The van der Waals surface area contributed by atoms with Gasteiger partial charge in [-0.3, -0.25) is 4.79 Å². The molecule has 0 fully saturated rings. The molecule has 4 nitrogen and oxygen atoms in total. The molecule has 0 aliphatic carbocycles. The Bertz CT molecular complexity index is 178. The first kappa shape index (κ1) is 13.4. The van der Waals surface area contributed by atoms with E-state index in [4.69, 9.17) is 15.2 Å². The topological polar surface area (TPSA) is 61.6 Å². The summed E-state index contributed by atoms with van der Waals surface area (Å²) in [6.45, 7) is 8.07. The maximum absolute atomic E-state index is 11.3. The first-order chi connectivity index (χ1) is 6.40. The van der Waals surface area contributed by atoms with Crippen LogP contribution >= 0.6 is 0 Å². The molecule has 0 saturated heterocycles. The van der Waals surface area contributed by atoms with Crippen LogP contribution in [-0.4, -0.2) is 30.8 Å². The van der Waals surface area contributed by atoms with E-state index < -0.39 is 5.54 Å². The third-order valence-electron chi connectivity index (χ3n) is 1.97. The molecule has 0 bridgehead atoms. The highest BCUT2D eigenvalue weighted by molar-refractivity contribution is 5.79. The summed E-state index contributed by atoms with van der Waals surface area (Å²) in [5, 5.41) is 0. The van der Waals surface area contributed by atoms with Gasteiger partial charge in [0.2, 0.25) is 0 Å². The monoisotopic (exact) mass is 203 g/mol. The molecule has 14 heavy (non-hydrogen) atoms. The number of nitrogens with two attached hydrogens (primary N) is 1. The molecular formula is C10H21NO3. The summed E-state index contributed by atoms with van der Waals surface area (Å²) in [5.41, 5.74) is 4.81. The largest absolute Gasteiger partial charge is 0.462 e. The second-order valence-corrected chi connectivity index (χ2v) is 3.83. The molecule has 84 valence electrons. The average Bonchev–Trinajstić information content (AvgIpc) is 2.11. The molecule has 0 amide bonds. The Morgan fingerprint density at radius 2 is 2.00 bits per heavy atom. The average molecular weight is 203 g/mol. The molecule has 0 aromatic rings. The van der Waals surface area contributed by atoms with Crippen molar-refractivity contribution in [2.24, 2.45) is 5.73 Å². The van der Waals surface area contributed by atoms with Crippen molar-refractivity contribution in [3.8, 4) is 0 Å². The molecule has 4 heteroatoms. The number of esters is 1. The maximum atomic E-state index is 11.3. The maximum Gasteiger partial charge on any atom is 0.325 e. The number of hydrogen-bond donors (Lipinski definition) is 1. The van der Waals surface area contributed by atoms with Crippen molar-refractivity contribution in [2.75, 3.05) is 13.2 Å². The van der Waals surface area contributed by atoms with Gasteiger partial charge in [0.15, 0.2) is 0 Å². The summed E-state index contributed by atoms with van der Waals surface area (Å²) in [6, 6.07) is 0. The fourth-order valence-corrected chi connectivity index (χ4v) is 0.727. The van der Waals surface area contributed by atoms with E-state index in [0.29, 0.717) is 13.0 Å². The first-order valence-electron chi connectivity index (χ1n) is 4.98. The van der Waals surface area contributed by atoms with Gasteiger partial charge in [-0.15, -0.1) is 0 Å². The third kappa shape index (κ3) is 5.19. The van der Waals surface area contributed by atoms with Crippen LogP contribution in [0.25, 0.3) is 0 Å². The van der Waals surface area contributed by atoms with E-state index in [-0.39, 0.29) is 18.7 Å². The molecule has 0 aromatic carbocycles. The molecule has 0 heterocycles. The van der Waals surface area contributed by atoms with Crippen LogP contribution in [0.15, 0.2) is 0 Å². The minimum absolute atomic E-state index is 0.157. The van der Waals surface area contributed by atoms with E-state index in [2.05, 4.69) is 0 Å². The van der Waals surface area contributed by atoms with Crippen LogP contribution in [0.5, 0.6) is 0 Å². The highest BCUT2D eigenvalue weighted by Crippen LogP contribution is 2.06. The van der Waals surface area contributed by atoms with Crippen molar-refractivity contribution >= 4 is 5.97 Å². The third-order valence-corrected chi connectivity index (χ3v) is 1.97. The Hall–Kier alpha value is -0.610. The van der Waals surface area contributed by atoms with Crippen molar-refractivity contribution < 1.29 is 14.3 Å². The number of hydrogen-bond acceptors (Lipinski definition) is 4. The van der Waals surface area contributed by atoms with E-state index in [9.17, 15) is 4.79 Å². The van der Waals surface area contributed by atoms with Gasteiger partial charge in [-0.05, 0) is 27.2 Å². The minimum atomic E-state index is -0.877. The molecule has 0 rings (SSSR count). The highest BCUT2D eigenvalue weighted by Gasteiger charge is 2.27. The lowest BCUT2D eigenvalue weighted by molar-refractivity contribution is -0.151. The van der Waals surface area contributed by atoms with Crippen molar-refractivity contribution in [3.63, 3.8) is 0 Å². The van der Waals surface area contributed by atoms with Crippen LogP contribution in [0.4, 0.5) is 0 Å². The standard InChI is InChI=1S/C10H21NO3/c1-5-10(4,11)9(12)14-7-6-13-8(2)3/h8H,5-7,11H2,1-4H3. The fourth-order valence-electron chi connectivity index (χ4n) is 0.727. The van der Waals surface area contributed by atoms with Crippen LogP contribution in [0.2, 0.25) is 0 Å². The summed E-state index contributed by atoms with van der Waals surface area (Å²) in [6.07, 6.45) is 0.723. The molecule has 0 radical (unpaired) electrons. The smallest absolute Gasteiger partial charge is 0.325 e. The van der Waals surface area contributed by atoms with Crippen molar-refractivity contribution in [1.29, 1.82) is 0 Å². The van der Waals surface area contributed by atoms with Crippen molar-refractivity contribution in [2.45, 2.75) is 45.8 Å². The number of ether oxygens (including phenoxy) is 2. The van der Waals surface area contributed by atoms with E-state index >= 15 is 0 Å². The van der Waals surface area contributed by atoms with Gasteiger partial charge in [0.25, 0.3) is 0 Å². The summed E-state index contributed by atoms with van der Waals surface area (Å²) in [5.74, 6) is -0.368. The second-order valence-electron chi connectivity index (χ2n) is 3.83. The zero-order valence-corrected chi connectivity index (χ0v) is 9.50. The Balaban J connectivity index is 3.64. The van der Waals surface area contributed by atoms with Gasteiger partial charge < -0.3 is 15.2 Å². The molecule has 1 unspecified atom stereocenters. The molecule has 0 spiro atoms. The lowest BCUT2D eigenvalue weighted by atomic mass is 10.0. The van der Waals surface area contributed by atoms with Gasteiger partial charge in [0.05, 0.1) is 12.7 Å². The van der Waals surface area contributed by atoms with Gasteiger partial charge in [-0.25, -0.2) is 0 Å². The van der Waals surface area contributed by atoms with E-state index in [1.54, 1.807) is 6.92 Å². The van der Waals surface area contributed by atoms with Crippen LogP contribution < -0.4 is 5.73 Å². The molecule has 0 aliphatic heterocycles. The van der Waals surface area contributed by atoms with Gasteiger partial charge >= 0.3 is 5.97 Å². The predicted octanol–water partition coefficient (Wildman–Crippen LogP) is 1.08. The molecule has 1 atom stereocenters. The Morgan fingerprint density at radius 1 is 1.43 bits per heavy atom. The summed E-state index contributed by atoms with van der Waals surface area (Å²) in [7, 11) is 0. The Kier molecular flexibility index (Phi) is 5.72. The SMILES string of the molecule is CCC(C)(N)C(=O)OCCOC(C)C. The highest BCUT2D eigenvalue weighted by atomic mass is 16.6. The molecule has 0 aromatic heterocycles. The molecule has 0 aliphatic rings. The molecule has 0 saturated carbocycles. The van der Waals surface area contributed by atoms with Gasteiger partial charge in [0, 0.05) is 0 Å². The first-order valence-corrected chi connectivity index (χ1v) is 4.98. The van der Waals surface area contributed by atoms with E-state index in [1.807, 2.05) is 20.8 Å². The van der Waals surface area contributed by atoms with Crippen LogP contribution in [0.3, 0.4) is 0 Å².